The maximum Gasteiger partial charge on any atom is 0.227 e. The van der Waals surface area contributed by atoms with Gasteiger partial charge in [-0.2, -0.15) is 0 Å². The van der Waals surface area contributed by atoms with E-state index < -0.39 is 0 Å². The second-order valence-electron chi connectivity index (χ2n) is 3.64. The van der Waals surface area contributed by atoms with E-state index in [2.05, 4.69) is 10.5 Å². The lowest BCUT2D eigenvalue weighted by atomic mass is 10.1. The molecule has 1 aliphatic heterocycles. The first-order chi connectivity index (χ1) is 7.22. The summed E-state index contributed by atoms with van der Waals surface area (Å²) < 4.78 is 5.21. The van der Waals surface area contributed by atoms with Gasteiger partial charge in [0, 0.05) is 19.8 Å². The van der Waals surface area contributed by atoms with Crippen LogP contribution in [-0.2, 0) is 9.53 Å². The minimum atomic E-state index is -0.218. The van der Waals surface area contributed by atoms with E-state index in [1.54, 1.807) is 0 Å². The molecular formula is C9H17N3O3. The molecule has 0 saturated carbocycles. The van der Waals surface area contributed by atoms with Gasteiger partial charge in [-0.25, -0.2) is 0 Å². The summed E-state index contributed by atoms with van der Waals surface area (Å²) in [6, 6.07) is 0. The Kier molecular flexibility index (Phi) is 4.89. The molecule has 6 nitrogen and oxygen atoms in total. The van der Waals surface area contributed by atoms with Gasteiger partial charge >= 0.3 is 0 Å². The monoisotopic (exact) mass is 215 g/mol. The summed E-state index contributed by atoms with van der Waals surface area (Å²) in [7, 11) is 0. The van der Waals surface area contributed by atoms with E-state index in [0.29, 0.717) is 12.5 Å². The number of nitrogens with two attached hydrogens (primary N) is 1. The molecule has 0 bridgehead atoms. The van der Waals surface area contributed by atoms with E-state index in [4.69, 9.17) is 15.7 Å². The normalized spacial score (nSPS) is 21.6. The SMILES string of the molecule is NC(CC(=O)NCCC1CCOC1)=NO. The van der Waals surface area contributed by atoms with Gasteiger partial charge in [0.25, 0.3) is 0 Å². The van der Waals surface area contributed by atoms with Gasteiger partial charge in [0.05, 0.1) is 6.42 Å². The molecule has 6 heteroatoms. The summed E-state index contributed by atoms with van der Waals surface area (Å²) in [6.07, 6.45) is 1.93. The average molecular weight is 215 g/mol. The van der Waals surface area contributed by atoms with Crippen LogP contribution in [0.1, 0.15) is 19.3 Å². The van der Waals surface area contributed by atoms with E-state index in [-0.39, 0.29) is 18.2 Å². The molecule has 1 saturated heterocycles. The van der Waals surface area contributed by atoms with Crippen LogP contribution >= 0.6 is 0 Å². The smallest absolute Gasteiger partial charge is 0.227 e. The molecular weight excluding hydrogens is 198 g/mol. The Morgan fingerprint density at radius 1 is 1.67 bits per heavy atom. The number of nitrogens with one attached hydrogen (secondary N) is 1. The number of amidine groups is 1. The zero-order valence-electron chi connectivity index (χ0n) is 8.61. The first-order valence-corrected chi connectivity index (χ1v) is 5.03. The summed E-state index contributed by atoms with van der Waals surface area (Å²) in [5.74, 6) is 0.259. The average Bonchev–Trinajstić information content (AvgIpc) is 2.70. The molecule has 0 aliphatic carbocycles. The van der Waals surface area contributed by atoms with Crippen molar-refractivity contribution in [2.75, 3.05) is 19.8 Å². The largest absolute Gasteiger partial charge is 0.409 e. The number of ether oxygens (including phenoxy) is 1. The standard InChI is InChI=1S/C9H17N3O3/c10-8(12-14)5-9(13)11-3-1-7-2-4-15-6-7/h7,14H,1-6H2,(H2,10,12)(H,11,13). The van der Waals surface area contributed by atoms with Crippen molar-refractivity contribution >= 4 is 11.7 Å². The first kappa shape index (κ1) is 11.8. The third kappa shape index (κ3) is 4.64. The van der Waals surface area contributed by atoms with Gasteiger partial charge in [-0.05, 0) is 18.8 Å². The molecule has 0 aromatic carbocycles. The molecule has 1 heterocycles. The summed E-state index contributed by atoms with van der Waals surface area (Å²) in [5, 5.41) is 13.7. The summed E-state index contributed by atoms with van der Waals surface area (Å²) in [4.78, 5) is 11.2. The fraction of sp³-hybridized carbons (Fsp3) is 0.778. The van der Waals surface area contributed by atoms with Gasteiger partial charge in [-0.1, -0.05) is 5.16 Å². The summed E-state index contributed by atoms with van der Waals surface area (Å²) in [6.45, 7) is 2.23. The highest BCUT2D eigenvalue weighted by molar-refractivity contribution is 5.98. The third-order valence-corrected chi connectivity index (χ3v) is 2.37. The van der Waals surface area contributed by atoms with Gasteiger partial charge in [0.1, 0.15) is 5.84 Å². The lowest BCUT2D eigenvalue weighted by Crippen LogP contribution is -2.30. The van der Waals surface area contributed by atoms with Gasteiger partial charge in [-0.3, -0.25) is 4.79 Å². The van der Waals surface area contributed by atoms with Crippen molar-refractivity contribution in [2.24, 2.45) is 16.8 Å². The minimum Gasteiger partial charge on any atom is -0.409 e. The van der Waals surface area contributed by atoms with E-state index in [1.165, 1.54) is 0 Å². The fourth-order valence-electron chi connectivity index (χ4n) is 1.49. The third-order valence-electron chi connectivity index (χ3n) is 2.37. The second kappa shape index (κ2) is 6.23. The van der Waals surface area contributed by atoms with Crippen molar-refractivity contribution < 1.29 is 14.7 Å². The molecule has 1 aliphatic rings. The highest BCUT2D eigenvalue weighted by atomic mass is 16.5. The van der Waals surface area contributed by atoms with Crippen LogP contribution in [0.2, 0.25) is 0 Å². The number of hydrogen-bond donors (Lipinski definition) is 3. The molecule has 1 unspecified atom stereocenters. The van der Waals surface area contributed by atoms with E-state index in [0.717, 1.165) is 26.1 Å². The maximum absolute atomic E-state index is 11.2. The fourth-order valence-corrected chi connectivity index (χ4v) is 1.49. The van der Waals surface area contributed by atoms with Crippen LogP contribution in [0.15, 0.2) is 5.16 Å². The topological polar surface area (TPSA) is 96.9 Å². The van der Waals surface area contributed by atoms with Crippen molar-refractivity contribution in [3.63, 3.8) is 0 Å². The Morgan fingerprint density at radius 3 is 3.07 bits per heavy atom. The summed E-state index contributed by atoms with van der Waals surface area (Å²) >= 11 is 0. The zero-order valence-corrected chi connectivity index (χ0v) is 8.61. The molecule has 1 fully saturated rings. The van der Waals surface area contributed by atoms with E-state index >= 15 is 0 Å². The van der Waals surface area contributed by atoms with E-state index in [9.17, 15) is 4.79 Å². The molecule has 0 aromatic heterocycles. The Hall–Kier alpha value is -1.30. The Labute approximate surface area is 88.5 Å². The van der Waals surface area contributed by atoms with Crippen molar-refractivity contribution in [1.29, 1.82) is 0 Å². The molecule has 15 heavy (non-hydrogen) atoms. The highest BCUT2D eigenvalue weighted by Crippen LogP contribution is 2.14. The first-order valence-electron chi connectivity index (χ1n) is 5.03. The number of carbonyl (C=O) groups is 1. The Balaban J connectivity index is 2.06. The number of rotatable bonds is 5. The molecule has 86 valence electrons. The lowest BCUT2D eigenvalue weighted by Gasteiger charge is -2.08. The van der Waals surface area contributed by atoms with Crippen LogP contribution in [-0.4, -0.2) is 36.7 Å². The van der Waals surface area contributed by atoms with E-state index in [1.807, 2.05) is 0 Å². The number of nitrogens with zero attached hydrogens (tertiary/aromatic N) is 1. The molecule has 1 rings (SSSR count). The van der Waals surface area contributed by atoms with Gasteiger partial charge in [0.15, 0.2) is 0 Å². The highest BCUT2D eigenvalue weighted by Gasteiger charge is 2.15. The van der Waals surface area contributed by atoms with Crippen molar-refractivity contribution in [3.8, 4) is 0 Å². The predicted octanol–water partition coefficient (Wildman–Crippen LogP) is -0.334. The van der Waals surface area contributed by atoms with Gasteiger partial charge in [-0.15, -0.1) is 0 Å². The molecule has 1 amide bonds. The number of carbonyl (C=O) groups excluding carboxylic acids is 1. The van der Waals surface area contributed by atoms with Gasteiger partial charge < -0.3 is 21.0 Å². The quantitative estimate of drug-likeness (QED) is 0.253. The number of amides is 1. The van der Waals surface area contributed by atoms with Gasteiger partial charge in [0.2, 0.25) is 5.91 Å². The lowest BCUT2D eigenvalue weighted by molar-refractivity contribution is -0.119. The predicted molar refractivity (Wildman–Crippen MR) is 54.6 cm³/mol. The number of hydrogen-bond acceptors (Lipinski definition) is 4. The molecule has 4 N–H and O–H groups in total. The van der Waals surface area contributed by atoms with Crippen LogP contribution in [0.5, 0.6) is 0 Å². The molecule has 1 atom stereocenters. The summed E-state index contributed by atoms with van der Waals surface area (Å²) in [5.41, 5.74) is 5.19. The minimum absolute atomic E-state index is 0.0579. The van der Waals surface area contributed by atoms with Crippen LogP contribution in [0.25, 0.3) is 0 Å². The van der Waals surface area contributed by atoms with Crippen LogP contribution in [0.3, 0.4) is 0 Å². The molecule has 0 spiro atoms. The Bertz CT molecular complexity index is 237. The van der Waals surface area contributed by atoms with Crippen LogP contribution in [0, 0.1) is 5.92 Å². The molecule has 0 aromatic rings. The second-order valence-corrected chi connectivity index (χ2v) is 3.64. The van der Waals surface area contributed by atoms with Crippen molar-refractivity contribution in [2.45, 2.75) is 19.3 Å². The Morgan fingerprint density at radius 2 is 2.47 bits per heavy atom. The van der Waals surface area contributed by atoms with Crippen molar-refractivity contribution in [1.82, 2.24) is 5.32 Å². The van der Waals surface area contributed by atoms with Crippen molar-refractivity contribution in [3.05, 3.63) is 0 Å². The number of oxime groups is 1. The maximum atomic E-state index is 11.2. The van der Waals surface area contributed by atoms with Crippen LogP contribution in [0.4, 0.5) is 0 Å². The zero-order chi connectivity index (χ0) is 11.1. The molecule has 0 radical (unpaired) electrons. The van der Waals surface area contributed by atoms with Crippen LogP contribution < -0.4 is 11.1 Å².